The van der Waals surface area contributed by atoms with Crippen LogP contribution in [0.5, 0.6) is 0 Å². The summed E-state index contributed by atoms with van der Waals surface area (Å²) >= 11 is 12.2. The quantitative estimate of drug-likeness (QED) is 0.285. The Morgan fingerprint density at radius 3 is 1.19 bits per heavy atom. The molecule has 0 aromatic carbocycles. The molecule has 0 N–H and O–H groups in total. The number of halogens is 17. The lowest BCUT2D eigenvalue weighted by molar-refractivity contribution is -0.429. The van der Waals surface area contributed by atoms with Gasteiger partial charge in [0.2, 0.25) is 0 Å². The van der Waals surface area contributed by atoms with E-state index in [1.165, 1.54) is 0 Å². The molecule has 0 aliphatic heterocycles. The van der Waals surface area contributed by atoms with Crippen molar-refractivity contribution in [1.29, 1.82) is 0 Å². The molecule has 0 amide bonds. The zero-order chi connectivity index (χ0) is 21.8. The molecule has 0 aliphatic rings. The second-order valence-electron chi connectivity index (χ2n) is 4.41. The molecular formula is C9HCl3F14. The van der Waals surface area contributed by atoms with Crippen molar-refractivity contribution in [2.45, 2.75) is 40.9 Å². The van der Waals surface area contributed by atoms with Gasteiger partial charge in [0, 0.05) is 5.54 Å². The van der Waals surface area contributed by atoms with E-state index in [0.717, 1.165) is 0 Å². The summed E-state index contributed by atoms with van der Waals surface area (Å²) in [4.78, 5) is 0. The molecule has 0 aliphatic carbocycles. The van der Waals surface area contributed by atoms with Crippen molar-refractivity contribution < 1.29 is 61.5 Å². The molecule has 17 heteroatoms. The number of alkyl halides is 15. The Balaban J connectivity index is 6.85. The smallest absolute Gasteiger partial charge is 0.218 e. The van der Waals surface area contributed by atoms with Gasteiger partial charge in [-0.05, 0) is 11.6 Å². The van der Waals surface area contributed by atoms with Crippen LogP contribution in [0.3, 0.4) is 0 Å². The van der Waals surface area contributed by atoms with E-state index in [1.54, 1.807) is 0 Å². The molecule has 0 aromatic rings. The van der Waals surface area contributed by atoms with Gasteiger partial charge >= 0.3 is 40.9 Å². The van der Waals surface area contributed by atoms with Gasteiger partial charge in [0.1, 0.15) is 5.03 Å². The van der Waals surface area contributed by atoms with Crippen molar-refractivity contribution in [2.75, 3.05) is 0 Å². The van der Waals surface area contributed by atoms with E-state index in [-0.39, 0.29) is 0 Å². The van der Waals surface area contributed by atoms with Crippen LogP contribution in [0.1, 0.15) is 0 Å². The summed E-state index contributed by atoms with van der Waals surface area (Å²) in [6.45, 7) is 0. The standard InChI is InChI=1S/C9HCl3F14/c10-1-2(11)3(13,14)5(16,17)7(20,21)6(18,19)4(15,8(12,22)23)9(24,25)26/h1H. The third-order valence-electron chi connectivity index (χ3n) is 2.79. The maximum absolute atomic E-state index is 13.4. The Bertz CT molecular complexity index is 543. The van der Waals surface area contributed by atoms with Gasteiger partial charge < -0.3 is 0 Å². The number of hydrogen-bond acceptors (Lipinski definition) is 0. The highest BCUT2D eigenvalue weighted by atomic mass is 35.5. The minimum Gasteiger partial charge on any atom is -0.218 e. The minimum absolute atomic E-state index is 0.758. The van der Waals surface area contributed by atoms with E-state index in [0.29, 0.717) is 0 Å². The van der Waals surface area contributed by atoms with Crippen LogP contribution in [-0.2, 0) is 0 Å². The molecule has 0 radical (unpaired) electrons. The third-order valence-corrected chi connectivity index (χ3v) is 3.73. The van der Waals surface area contributed by atoms with Crippen LogP contribution in [0.2, 0.25) is 0 Å². The lowest BCUT2D eigenvalue weighted by Gasteiger charge is -2.43. The van der Waals surface area contributed by atoms with Gasteiger partial charge in [0.25, 0.3) is 0 Å². The Hall–Kier alpha value is -0.370. The van der Waals surface area contributed by atoms with Gasteiger partial charge in [-0.3, -0.25) is 0 Å². The van der Waals surface area contributed by atoms with Crippen molar-refractivity contribution in [2.24, 2.45) is 0 Å². The van der Waals surface area contributed by atoms with Crippen molar-refractivity contribution in [3.63, 3.8) is 0 Å². The van der Waals surface area contributed by atoms with Gasteiger partial charge in [-0.25, -0.2) is 4.39 Å². The highest BCUT2D eigenvalue weighted by Crippen LogP contribution is 2.65. The van der Waals surface area contributed by atoms with E-state index < -0.39 is 51.5 Å². The molecule has 0 aromatic heterocycles. The second kappa shape index (κ2) is 6.61. The summed E-state index contributed by atoms with van der Waals surface area (Å²) in [6.07, 6.45) is -7.72. The van der Waals surface area contributed by atoms with Crippen LogP contribution in [0, 0.1) is 0 Å². The first-order chi connectivity index (χ1) is 11.0. The summed E-state index contributed by atoms with van der Waals surface area (Å²) in [5, 5.41) is -9.79. The summed E-state index contributed by atoms with van der Waals surface area (Å²) in [7, 11) is 0. The fraction of sp³-hybridized carbons (Fsp3) is 0.778. The van der Waals surface area contributed by atoms with Gasteiger partial charge in [0.15, 0.2) is 0 Å². The Morgan fingerprint density at radius 1 is 0.615 bits per heavy atom. The number of rotatable bonds is 6. The summed E-state index contributed by atoms with van der Waals surface area (Å²) < 4.78 is 181. The van der Waals surface area contributed by atoms with Gasteiger partial charge in [-0.1, -0.05) is 23.2 Å². The fourth-order valence-corrected chi connectivity index (χ4v) is 1.83. The highest BCUT2D eigenvalue weighted by molar-refractivity contribution is 6.37. The van der Waals surface area contributed by atoms with Crippen molar-refractivity contribution in [3.8, 4) is 0 Å². The van der Waals surface area contributed by atoms with Gasteiger partial charge in [-0.15, -0.1) is 0 Å². The first-order valence-electron chi connectivity index (χ1n) is 5.28. The molecule has 0 spiro atoms. The largest absolute Gasteiger partial charge is 0.436 e. The average molecular weight is 481 g/mol. The normalized spacial score (nSPS) is 18.7. The molecule has 0 saturated heterocycles. The van der Waals surface area contributed by atoms with Crippen LogP contribution in [0.4, 0.5) is 61.5 Å². The monoisotopic (exact) mass is 480 g/mol. The second-order valence-corrected chi connectivity index (χ2v) is 5.51. The molecule has 0 nitrogen and oxygen atoms in total. The summed E-state index contributed by atoms with van der Waals surface area (Å²) in [6, 6.07) is 0. The molecule has 0 bridgehead atoms. The number of hydrogen-bond donors (Lipinski definition) is 0. The molecule has 0 heterocycles. The van der Waals surface area contributed by atoms with E-state index in [1.807, 2.05) is 0 Å². The Morgan fingerprint density at radius 2 is 0.962 bits per heavy atom. The van der Waals surface area contributed by atoms with E-state index >= 15 is 0 Å². The summed E-state index contributed by atoms with van der Waals surface area (Å²) in [5.41, 5.74) is -8.65. The van der Waals surface area contributed by atoms with Gasteiger partial charge in [-0.2, -0.15) is 57.1 Å². The predicted octanol–water partition coefficient (Wildman–Crippen LogP) is 6.95. The van der Waals surface area contributed by atoms with E-state index in [9.17, 15) is 61.5 Å². The zero-order valence-corrected chi connectivity index (χ0v) is 13.3. The van der Waals surface area contributed by atoms with Crippen LogP contribution in [0.15, 0.2) is 10.6 Å². The van der Waals surface area contributed by atoms with Crippen LogP contribution in [-0.4, -0.2) is 40.9 Å². The molecule has 0 saturated carbocycles. The van der Waals surface area contributed by atoms with Crippen molar-refractivity contribution in [3.05, 3.63) is 10.6 Å². The maximum Gasteiger partial charge on any atom is 0.436 e. The summed E-state index contributed by atoms with van der Waals surface area (Å²) in [5.74, 6) is -30.6. The lowest BCUT2D eigenvalue weighted by Crippen LogP contribution is -2.75. The molecule has 0 fully saturated rings. The molecule has 26 heavy (non-hydrogen) atoms. The van der Waals surface area contributed by atoms with E-state index in [4.69, 9.17) is 0 Å². The average Bonchev–Trinajstić information content (AvgIpc) is 2.41. The molecule has 0 rings (SSSR count). The third kappa shape index (κ3) is 3.19. The Labute approximate surface area is 148 Å². The van der Waals surface area contributed by atoms with E-state index in [2.05, 4.69) is 34.8 Å². The Kier molecular flexibility index (Phi) is 6.51. The first kappa shape index (κ1) is 25.6. The first-order valence-corrected chi connectivity index (χ1v) is 6.47. The minimum atomic E-state index is -8.22. The zero-order valence-electron chi connectivity index (χ0n) is 11.0. The molecule has 1 unspecified atom stereocenters. The highest BCUT2D eigenvalue weighted by Gasteiger charge is 2.94. The molecule has 1 atom stereocenters. The molecule has 156 valence electrons. The van der Waals surface area contributed by atoms with Crippen molar-refractivity contribution in [1.82, 2.24) is 0 Å². The van der Waals surface area contributed by atoms with Crippen LogP contribution in [0.25, 0.3) is 0 Å². The fourth-order valence-electron chi connectivity index (χ4n) is 1.35. The van der Waals surface area contributed by atoms with Crippen LogP contribution < -0.4 is 0 Å². The number of allylic oxidation sites excluding steroid dienone is 1. The molecular weight excluding hydrogens is 480 g/mol. The van der Waals surface area contributed by atoms with Crippen molar-refractivity contribution >= 4 is 34.8 Å². The lowest BCUT2D eigenvalue weighted by atomic mass is 9.86. The maximum atomic E-state index is 13.4. The van der Waals surface area contributed by atoms with Crippen LogP contribution >= 0.6 is 34.8 Å². The topological polar surface area (TPSA) is 0 Å². The SMILES string of the molecule is FC(F)(F)C(F)(C(F)(F)Cl)C(F)(F)C(F)(F)C(F)(F)C(F)(F)C(Cl)=CCl. The predicted molar refractivity (Wildman–Crippen MR) is 60.3 cm³/mol. The van der Waals surface area contributed by atoms with Gasteiger partial charge in [0.05, 0.1) is 0 Å².